The summed E-state index contributed by atoms with van der Waals surface area (Å²) in [5, 5.41) is 27.9. The summed E-state index contributed by atoms with van der Waals surface area (Å²) >= 11 is 0. The van der Waals surface area contributed by atoms with Crippen molar-refractivity contribution in [1.82, 2.24) is 4.98 Å². The molecule has 0 saturated carbocycles. The maximum Gasteiger partial charge on any atom is 0.378 e. The summed E-state index contributed by atoms with van der Waals surface area (Å²) < 4.78 is 9.99. The van der Waals surface area contributed by atoms with Gasteiger partial charge in [0.25, 0.3) is 0 Å². The third kappa shape index (κ3) is 2.83. The van der Waals surface area contributed by atoms with Crippen LogP contribution in [0.25, 0.3) is 0 Å². The molecule has 0 amide bonds. The summed E-state index contributed by atoms with van der Waals surface area (Å²) in [6, 6.07) is 3.46. The fraction of sp³-hybridized carbons (Fsp3) is 0.333. The molecule has 7 heteroatoms. The summed E-state index contributed by atoms with van der Waals surface area (Å²) in [7, 11) is 0. The second kappa shape index (κ2) is 5.68. The van der Waals surface area contributed by atoms with Crippen molar-refractivity contribution in [2.75, 3.05) is 6.61 Å². The van der Waals surface area contributed by atoms with Crippen LogP contribution in [0.1, 0.15) is 5.56 Å². The lowest BCUT2D eigenvalue weighted by Crippen LogP contribution is -2.32. The van der Waals surface area contributed by atoms with Crippen molar-refractivity contribution in [3.05, 3.63) is 41.6 Å². The number of carbonyl (C=O) groups is 1. The van der Waals surface area contributed by atoms with Crippen LogP contribution >= 0.6 is 0 Å². The van der Waals surface area contributed by atoms with Crippen LogP contribution in [0, 0.1) is 0 Å². The van der Waals surface area contributed by atoms with Crippen LogP contribution in [0.4, 0.5) is 0 Å². The smallest absolute Gasteiger partial charge is 0.378 e. The normalized spacial score (nSPS) is 20.3. The van der Waals surface area contributed by atoms with Crippen LogP contribution in [0.5, 0.6) is 0 Å². The molecule has 0 saturated heterocycles. The first-order valence-corrected chi connectivity index (χ1v) is 5.58. The molecule has 102 valence electrons. The van der Waals surface area contributed by atoms with E-state index >= 15 is 0 Å². The quantitative estimate of drug-likeness (QED) is 0.625. The van der Waals surface area contributed by atoms with Crippen LogP contribution in [-0.2, 0) is 20.9 Å². The first kappa shape index (κ1) is 13.3. The third-order valence-electron chi connectivity index (χ3n) is 2.57. The van der Waals surface area contributed by atoms with Gasteiger partial charge in [-0.25, -0.2) is 4.79 Å². The number of aliphatic hydroxyl groups is 3. The van der Waals surface area contributed by atoms with Gasteiger partial charge in [-0.05, 0) is 6.07 Å². The van der Waals surface area contributed by atoms with Gasteiger partial charge in [-0.2, -0.15) is 0 Å². The highest BCUT2D eigenvalue weighted by Crippen LogP contribution is 2.25. The Labute approximate surface area is 108 Å². The second-order valence-corrected chi connectivity index (χ2v) is 3.94. The number of esters is 1. The summed E-state index contributed by atoms with van der Waals surface area (Å²) in [5.74, 6) is -1.87. The van der Waals surface area contributed by atoms with E-state index in [0.717, 1.165) is 5.56 Å². The number of rotatable bonds is 5. The minimum atomic E-state index is -1.35. The van der Waals surface area contributed by atoms with E-state index in [2.05, 4.69) is 4.98 Å². The Balaban J connectivity index is 2.09. The number of hydrogen-bond acceptors (Lipinski definition) is 7. The average Bonchev–Trinajstić information content (AvgIpc) is 2.73. The van der Waals surface area contributed by atoms with Crippen LogP contribution in [0.15, 0.2) is 36.0 Å². The molecule has 19 heavy (non-hydrogen) atoms. The minimum Gasteiger partial charge on any atom is -0.499 e. The van der Waals surface area contributed by atoms with Gasteiger partial charge in [0.15, 0.2) is 11.9 Å². The number of pyridine rings is 1. The Morgan fingerprint density at radius 3 is 2.95 bits per heavy atom. The lowest BCUT2D eigenvalue weighted by Gasteiger charge is -2.18. The van der Waals surface area contributed by atoms with Crippen LogP contribution in [0.3, 0.4) is 0 Å². The van der Waals surface area contributed by atoms with E-state index in [9.17, 15) is 15.0 Å². The standard InChI is InChI=1S/C12H13NO6/c14-5-8(15)10-11(9(16)12(17)19-10)18-6-7-2-1-3-13-4-7/h1-4,8,10,14-16H,5-6H2/t8-,10+/m0/s1. The number of aliphatic hydroxyl groups excluding tert-OH is 3. The Morgan fingerprint density at radius 2 is 2.32 bits per heavy atom. The van der Waals surface area contributed by atoms with Gasteiger partial charge in [-0.1, -0.05) is 6.07 Å². The van der Waals surface area contributed by atoms with E-state index in [1.165, 1.54) is 0 Å². The topological polar surface area (TPSA) is 109 Å². The number of carbonyl (C=O) groups excluding carboxylic acids is 1. The SMILES string of the molecule is O=C1O[C@H]([C@@H](O)CO)C(OCc2cccnc2)=C1O. The number of nitrogens with zero attached hydrogens (tertiary/aromatic N) is 1. The van der Waals surface area contributed by atoms with Gasteiger partial charge in [0.1, 0.15) is 12.7 Å². The molecule has 0 bridgehead atoms. The fourth-order valence-corrected chi connectivity index (χ4v) is 1.60. The molecule has 1 aromatic heterocycles. The lowest BCUT2D eigenvalue weighted by molar-refractivity contribution is -0.148. The lowest BCUT2D eigenvalue weighted by atomic mass is 10.2. The third-order valence-corrected chi connectivity index (χ3v) is 2.57. The molecule has 0 aliphatic carbocycles. The predicted molar refractivity (Wildman–Crippen MR) is 61.7 cm³/mol. The molecule has 1 aliphatic rings. The molecule has 3 N–H and O–H groups in total. The highest BCUT2D eigenvalue weighted by Gasteiger charge is 2.40. The predicted octanol–water partition coefficient (Wildman–Crippen LogP) is -0.354. The van der Waals surface area contributed by atoms with Crippen LogP contribution < -0.4 is 0 Å². The van der Waals surface area contributed by atoms with E-state index in [-0.39, 0.29) is 12.4 Å². The highest BCUT2D eigenvalue weighted by atomic mass is 16.6. The number of hydrogen-bond donors (Lipinski definition) is 3. The summed E-state index contributed by atoms with van der Waals surface area (Å²) in [4.78, 5) is 15.1. The van der Waals surface area contributed by atoms with Gasteiger partial charge < -0.3 is 24.8 Å². The van der Waals surface area contributed by atoms with E-state index in [4.69, 9.17) is 14.6 Å². The number of cyclic esters (lactones) is 1. The Bertz CT molecular complexity index is 486. The van der Waals surface area contributed by atoms with E-state index in [0.29, 0.717) is 0 Å². The Kier molecular flexibility index (Phi) is 3.98. The Morgan fingerprint density at radius 1 is 1.53 bits per heavy atom. The monoisotopic (exact) mass is 267 g/mol. The molecule has 0 aromatic carbocycles. The first-order valence-electron chi connectivity index (χ1n) is 5.58. The molecule has 1 aromatic rings. The van der Waals surface area contributed by atoms with E-state index in [1.54, 1.807) is 24.5 Å². The number of ether oxygens (including phenoxy) is 2. The molecule has 0 fully saturated rings. The molecule has 0 unspecified atom stereocenters. The Hall–Kier alpha value is -2.12. The molecular weight excluding hydrogens is 254 g/mol. The van der Waals surface area contributed by atoms with Gasteiger partial charge in [-0.15, -0.1) is 0 Å². The summed E-state index contributed by atoms with van der Waals surface area (Å²) in [5.41, 5.74) is 0.722. The maximum absolute atomic E-state index is 11.2. The molecule has 0 radical (unpaired) electrons. The molecular formula is C12H13NO6. The maximum atomic E-state index is 11.2. The van der Waals surface area contributed by atoms with Gasteiger partial charge in [0.05, 0.1) is 6.61 Å². The van der Waals surface area contributed by atoms with E-state index in [1.807, 2.05) is 0 Å². The van der Waals surface area contributed by atoms with Crippen molar-refractivity contribution >= 4 is 5.97 Å². The van der Waals surface area contributed by atoms with Crippen LogP contribution in [-0.4, -0.2) is 45.1 Å². The highest BCUT2D eigenvalue weighted by molar-refractivity contribution is 5.89. The van der Waals surface area contributed by atoms with Gasteiger partial charge in [0, 0.05) is 18.0 Å². The minimum absolute atomic E-state index is 0.0541. The van der Waals surface area contributed by atoms with E-state index < -0.39 is 30.5 Å². The van der Waals surface area contributed by atoms with Gasteiger partial charge >= 0.3 is 5.97 Å². The van der Waals surface area contributed by atoms with Crippen molar-refractivity contribution in [3.63, 3.8) is 0 Å². The molecule has 2 rings (SSSR count). The second-order valence-electron chi connectivity index (χ2n) is 3.94. The molecule has 2 heterocycles. The molecule has 7 nitrogen and oxygen atoms in total. The molecule has 2 atom stereocenters. The van der Waals surface area contributed by atoms with Gasteiger partial charge in [0.2, 0.25) is 5.76 Å². The number of aromatic nitrogens is 1. The molecule has 1 aliphatic heterocycles. The zero-order valence-electron chi connectivity index (χ0n) is 9.89. The molecule has 0 spiro atoms. The van der Waals surface area contributed by atoms with Crippen molar-refractivity contribution in [2.24, 2.45) is 0 Å². The zero-order valence-corrected chi connectivity index (χ0v) is 9.89. The van der Waals surface area contributed by atoms with Crippen LogP contribution in [0.2, 0.25) is 0 Å². The van der Waals surface area contributed by atoms with Crippen molar-refractivity contribution in [3.8, 4) is 0 Å². The largest absolute Gasteiger partial charge is 0.499 e. The van der Waals surface area contributed by atoms with Crippen molar-refractivity contribution in [1.29, 1.82) is 0 Å². The average molecular weight is 267 g/mol. The van der Waals surface area contributed by atoms with Crippen molar-refractivity contribution in [2.45, 2.75) is 18.8 Å². The first-order chi connectivity index (χ1) is 9.13. The zero-order chi connectivity index (χ0) is 13.8. The summed E-state index contributed by atoms with van der Waals surface area (Å²) in [6.45, 7) is -0.566. The fourth-order valence-electron chi connectivity index (χ4n) is 1.60. The summed E-state index contributed by atoms with van der Waals surface area (Å²) in [6.07, 6.45) is 0.611. The van der Waals surface area contributed by atoms with Gasteiger partial charge in [-0.3, -0.25) is 4.98 Å². The van der Waals surface area contributed by atoms with Crippen molar-refractivity contribution < 1.29 is 29.6 Å².